The molecule has 1 saturated heterocycles. The van der Waals surface area contributed by atoms with Crippen molar-refractivity contribution in [1.29, 1.82) is 5.26 Å². The van der Waals surface area contributed by atoms with Crippen LogP contribution in [0.3, 0.4) is 0 Å². The van der Waals surface area contributed by atoms with E-state index in [1.165, 1.54) is 0 Å². The lowest BCUT2D eigenvalue weighted by atomic mass is 10.0. The first-order valence-electron chi connectivity index (χ1n) is 8.36. The molecule has 0 aromatic carbocycles. The minimum atomic E-state index is 0. The predicted octanol–water partition coefficient (Wildman–Crippen LogP) is 3.27. The summed E-state index contributed by atoms with van der Waals surface area (Å²) in [7, 11) is 0. The fraction of sp³-hybridized carbons (Fsp3) is 0.529. The lowest BCUT2D eigenvalue weighted by Gasteiger charge is -2.28. The van der Waals surface area contributed by atoms with Gasteiger partial charge in [-0.25, -0.2) is 9.97 Å². The number of piperidine rings is 1. The Labute approximate surface area is 146 Å². The Kier molecular flexibility index (Phi) is 3.85. The van der Waals surface area contributed by atoms with Crippen LogP contribution in [0.1, 0.15) is 27.6 Å². The molecule has 0 bridgehead atoms. The summed E-state index contributed by atoms with van der Waals surface area (Å²) in [6.07, 6.45) is 4.61. The first kappa shape index (κ1) is 15.3. The van der Waals surface area contributed by atoms with Crippen LogP contribution in [0.5, 0.6) is 0 Å². The van der Waals surface area contributed by atoms with E-state index in [4.69, 9.17) is 10.2 Å². The lowest BCUT2D eigenvalue weighted by molar-refractivity contribution is -0.117. The molecule has 6 nitrogen and oxygen atoms in total. The highest BCUT2D eigenvalue weighted by Gasteiger charge is 2.39. The van der Waals surface area contributed by atoms with Crippen LogP contribution in [-0.4, -0.2) is 29.0 Å². The zero-order valence-corrected chi connectivity index (χ0v) is 14.3. The predicted molar refractivity (Wildman–Crippen MR) is 96.0 cm³/mol. The number of nitrogens with zero attached hydrogens (tertiary/aromatic N) is 4. The number of anilines is 2. The van der Waals surface area contributed by atoms with Crippen LogP contribution < -0.4 is 10.2 Å². The number of rotatable bonds is 3. The second-order valence-corrected chi connectivity index (χ2v) is 7.70. The number of pyridine rings is 1. The van der Waals surface area contributed by atoms with Gasteiger partial charge in [0, 0.05) is 26.6 Å². The van der Waals surface area contributed by atoms with E-state index >= 15 is 0 Å². The van der Waals surface area contributed by atoms with Crippen molar-refractivity contribution in [2.45, 2.75) is 26.2 Å². The van der Waals surface area contributed by atoms with E-state index < -0.39 is 0 Å². The molecule has 1 N–H and O–H groups in total. The van der Waals surface area contributed by atoms with Gasteiger partial charge in [0.25, 0.3) is 0 Å². The van der Waals surface area contributed by atoms with E-state index in [-0.39, 0.29) is 19.2 Å². The summed E-state index contributed by atoms with van der Waals surface area (Å²) in [5, 5.41) is 13.0. The topological polar surface area (TPSA) is 81.9 Å². The molecule has 3 atom stereocenters. The van der Waals surface area contributed by atoms with Gasteiger partial charge < -0.3 is 10.2 Å². The molecule has 126 valence electrons. The molecule has 4 rings (SSSR count). The third kappa shape index (κ3) is 2.82. The molecule has 2 aromatic rings. The summed E-state index contributed by atoms with van der Waals surface area (Å²) in [4.78, 5) is 23.4. The number of hydrogen-bond acceptors (Lipinski definition) is 6. The van der Waals surface area contributed by atoms with Gasteiger partial charge in [0.1, 0.15) is 0 Å². The summed E-state index contributed by atoms with van der Waals surface area (Å²) in [5.74, 6) is 1.32. The van der Waals surface area contributed by atoms with Gasteiger partial charge in [-0.2, -0.15) is 5.26 Å². The molecule has 1 saturated carbocycles. The number of nitriles is 1. The average molecular weight is 343 g/mol. The molecule has 0 radical (unpaired) electrons. The van der Waals surface area contributed by atoms with Crippen LogP contribution in [0.15, 0.2) is 12.3 Å². The lowest BCUT2D eigenvalue weighted by Crippen LogP contribution is -2.34. The Bertz CT molecular complexity index is 832. The van der Waals surface area contributed by atoms with Crippen LogP contribution >= 0.6 is 11.3 Å². The molecule has 1 aliphatic carbocycles. The van der Waals surface area contributed by atoms with Crippen molar-refractivity contribution >= 4 is 38.4 Å². The molecule has 0 unspecified atom stereocenters. The highest BCUT2D eigenvalue weighted by Crippen LogP contribution is 2.39. The quantitative estimate of drug-likeness (QED) is 0.925. The van der Waals surface area contributed by atoms with Gasteiger partial charge in [-0.1, -0.05) is 18.3 Å². The van der Waals surface area contributed by atoms with Crippen molar-refractivity contribution in [2.75, 3.05) is 23.3 Å². The van der Waals surface area contributed by atoms with Crippen LogP contribution in [-0.2, 0) is 4.79 Å². The summed E-state index contributed by atoms with van der Waals surface area (Å²) >= 11 is 1.55. The molecule has 2 aliphatic rings. The molecule has 3 heterocycles. The maximum Gasteiger partial charge on any atom is 0.228 e. The number of thiazole rings is 1. The zero-order valence-electron chi connectivity index (χ0n) is 13.5. The van der Waals surface area contributed by atoms with E-state index in [2.05, 4.69) is 28.2 Å². The van der Waals surface area contributed by atoms with Crippen molar-refractivity contribution in [3.63, 3.8) is 0 Å². The van der Waals surface area contributed by atoms with Gasteiger partial charge in [-0.3, -0.25) is 4.79 Å². The Hall–Kier alpha value is -2.20. The van der Waals surface area contributed by atoms with Gasteiger partial charge in [0.2, 0.25) is 5.91 Å². The smallest absolute Gasteiger partial charge is 0.228 e. The molecule has 1 aliphatic heterocycles. The fourth-order valence-corrected chi connectivity index (χ4v) is 4.26. The fourth-order valence-electron chi connectivity index (χ4n) is 3.22. The first-order valence-corrected chi connectivity index (χ1v) is 9.18. The Morgan fingerprint density at radius 1 is 1.58 bits per heavy atom. The molecular weight excluding hydrogens is 322 g/mol. The minimum absolute atomic E-state index is 0. The minimum Gasteiger partial charge on any atom is -0.347 e. The number of carbonyl (C=O) groups excluding carboxylic acids is 1. The average Bonchev–Trinajstić information content (AvgIpc) is 3.17. The number of amides is 1. The van der Waals surface area contributed by atoms with Crippen molar-refractivity contribution in [3.05, 3.63) is 12.3 Å². The van der Waals surface area contributed by atoms with Crippen molar-refractivity contribution < 1.29 is 6.22 Å². The normalized spacial score (nSPS) is 26.2. The first-order chi connectivity index (χ1) is 11.7. The highest BCUT2D eigenvalue weighted by molar-refractivity contribution is 7.22. The van der Waals surface area contributed by atoms with E-state index in [9.17, 15) is 4.79 Å². The molecule has 1 amide bonds. The van der Waals surface area contributed by atoms with Crippen LogP contribution in [0.2, 0.25) is 0 Å². The summed E-state index contributed by atoms with van der Waals surface area (Å²) in [6, 6.07) is 4.24. The number of carbonyl (C=O) groups is 1. The van der Waals surface area contributed by atoms with Crippen molar-refractivity contribution in [2.24, 2.45) is 17.8 Å². The summed E-state index contributed by atoms with van der Waals surface area (Å²) in [5.41, 5.74) is 0.850. The van der Waals surface area contributed by atoms with E-state index in [1.54, 1.807) is 17.5 Å². The van der Waals surface area contributed by atoms with Crippen molar-refractivity contribution in [1.82, 2.24) is 9.97 Å². The Balaban J connectivity index is 0.00000182. The molecule has 7 heteroatoms. The molecule has 2 fully saturated rings. The number of nitrogens with one attached hydrogen (secondary N) is 1. The maximum atomic E-state index is 12.2. The van der Waals surface area contributed by atoms with E-state index in [0.717, 1.165) is 47.7 Å². The second kappa shape index (κ2) is 6.02. The third-order valence-electron chi connectivity index (χ3n) is 4.86. The molecule has 0 spiro atoms. The molecule has 24 heavy (non-hydrogen) atoms. The monoisotopic (exact) mass is 343 g/mol. The summed E-state index contributed by atoms with van der Waals surface area (Å²) in [6.45, 7) is 3.74. The molecule has 2 aromatic heterocycles. The number of hydrogen-bond donors (Lipinski definition) is 1. The third-order valence-corrected chi connectivity index (χ3v) is 5.99. The largest absolute Gasteiger partial charge is 0.347 e. The van der Waals surface area contributed by atoms with Crippen LogP contribution in [0.4, 0.5) is 10.9 Å². The van der Waals surface area contributed by atoms with Gasteiger partial charge in [-0.15, -0.1) is 0 Å². The zero-order chi connectivity index (χ0) is 16.7. The van der Waals surface area contributed by atoms with E-state index in [0.29, 0.717) is 11.7 Å². The summed E-state index contributed by atoms with van der Waals surface area (Å²) < 4.78 is 0.910. The van der Waals surface area contributed by atoms with E-state index in [1.807, 2.05) is 6.07 Å². The second-order valence-electron chi connectivity index (χ2n) is 6.73. The maximum absolute atomic E-state index is 12.2. The van der Waals surface area contributed by atoms with Gasteiger partial charge >= 0.3 is 0 Å². The van der Waals surface area contributed by atoms with Gasteiger partial charge in [-0.05, 0) is 31.2 Å². The Morgan fingerprint density at radius 2 is 2.42 bits per heavy atom. The number of aromatic nitrogens is 2. The number of fused-ring (bicyclic) bond motifs is 1. The van der Waals surface area contributed by atoms with Crippen molar-refractivity contribution in [3.8, 4) is 6.07 Å². The standard InChI is InChI=1S/C17H19N5OS.H2/c1-10-7-12(10)16(23)21-15-14-13(4-5-19-15)20-17(24-14)22-6-2-3-11(8-18)9-22;/h4-5,10-12H,2-3,6-7,9H2,1H3,(H,19,21,23);1H/t10-,11-,12-;/m1./s1. The van der Waals surface area contributed by atoms with Crippen LogP contribution in [0, 0.1) is 29.1 Å². The highest BCUT2D eigenvalue weighted by atomic mass is 32.1. The Morgan fingerprint density at radius 3 is 3.17 bits per heavy atom. The van der Waals surface area contributed by atoms with Crippen LogP contribution in [0.25, 0.3) is 10.2 Å². The SMILES string of the molecule is C[C@@H]1C[C@H]1C(=O)Nc1nccc2nc(N3CCC[C@H](C#N)C3)sc12.[HH]. The molecular formula is C17H21N5OS. The van der Waals surface area contributed by atoms with Gasteiger partial charge in [0.05, 0.1) is 22.2 Å². The van der Waals surface area contributed by atoms with Gasteiger partial charge in [0.15, 0.2) is 10.9 Å².